The summed E-state index contributed by atoms with van der Waals surface area (Å²) in [6.45, 7) is 1.97. The lowest BCUT2D eigenvalue weighted by Gasteiger charge is -2.27. The lowest BCUT2D eigenvalue weighted by Crippen LogP contribution is -2.30. The average molecular weight is 393 g/mol. The molecule has 1 aliphatic heterocycles. The maximum Gasteiger partial charge on any atom is 0.280 e. The fourth-order valence-electron chi connectivity index (χ4n) is 3.04. The molecule has 0 amide bonds. The zero-order valence-corrected chi connectivity index (χ0v) is 15.5. The molecule has 1 aliphatic rings. The third-order valence-electron chi connectivity index (χ3n) is 4.36. The molecule has 1 fully saturated rings. The van der Waals surface area contributed by atoms with Gasteiger partial charge in [0.2, 0.25) is 0 Å². The van der Waals surface area contributed by atoms with Gasteiger partial charge in [0.05, 0.1) is 5.56 Å². The van der Waals surface area contributed by atoms with Gasteiger partial charge in [0.1, 0.15) is 17.3 Å². The van der Waals surface area contributed by atoms with Crippen LogP contribution in [0.4, 0.5) is 5.82 Å². The number of anilines is 1. The van der Waals surface area contributed by atoms with Crippen molar-refractivity contribution in [2.24, 2.45) is 0 Å². The van der Waals surface area contributed by atoms with Crippen LogP contribution in [0.3, 0.4) is 0 Å². The summed E-state index contributed by atoms with van der Waals surface area (Å²) < 4.78 is 1.42. The summed E-state index contributed by atoms with van der Waals surface area (Å²) in [5.74, 6) is 1.37. The Morgan fingerprint density at radius 1 is 1.04 bits per heavy atom. The van der Waals surface area contributed by atoms with Crippen molar-refractivity contribution in [3.8, 4) is 16.9 Å². The molecule has 0 bridgehead atoms. The van der Waals surface area contributed by atoms with E-state index in [1.807, 2.05) is 6.07 Å². The number of rotatable bonds is 3. The van der Waals surface area contributed by atoms with Gasteiger partial charge >= 0.3 is 0 Å². The molecule has 1 N–H and O–H groups in total. The Bertz CT molecular complexity index is 931. The molecule has 3 aromatic rings. The van der Waals surface area contributed by atoms with E-state index in [4.69, 9.17) is 11.6 Å². The van der Waals surface area contributed by atoms with E-state index in [1.165, 1.54) is 17.4 Å². The first-order valence-corrected chi connectivity index (χ1v) is 8.60. The minimum absolute atomic E-state index is 0. The van der Waals surface area contributed by atoms with Gasteiger partial charge in [-0.25, -0.2) is 19.6 Å². The number of H-pyrrole nitrogens is 1. The Morgan fingerprint density at radius 2 is 1.81 bits per heavy atom. The fourth-order valence-corrected chi connectivity index (χ4v) is 3.15. The molecule has 26 heavy (non-hydrogen) atoms. The van der Waals surface area contributed by atoms with Gasteiger partial charge < -0.3 is 4.90 Å². The smallest absolute Gasteiger partial charge is 0.280 e. The van der Waals surface area contributed by atoms with Crippen molar-refractivity contribution >= 4 is 29.8 Å². The SMILES string of the molecule is Cl.O=c1c(-c2ccc(Cl)nc2)c[nH]n1-c1cc(N2CCCCC2)ncn1. The van der Waals surface area contributed by atoms with E-state index in [0.29, 0.717) is 22.1 Å². The van der Waals surface area contributed by atoms with E-state index in [2.05, 4.69) is 25.0 Å². The van der Waals surface area contributed by atoms with Crippen molar-refractivity contribution in [1.29, 1.82) is 0 Å². The van der Waals surface area contributed by atoms with Gasteiger partial charge in [-0.1, -0.05) is 11.6 Å². The third-order valence-corrected chi connectivity index (χ3v) is 4.58. The third kappa shape index (κ3) is 3.59. The number of nitrogens with zero attached hydrogens (tertiary/aromatic N) is 5. The van der Waals surface area contributed by atoms with Crippen LogP contribution in [0.2, 0.25) is 5.15 Å². The highest BCUT2D eigenvalue weighted by molar-refractivity contribution is 6.29. The van der Waals surface area contributed by atoms with Gasteiger partial charge in [-0.2, -0.15) is 0 Å². The molecule has 0 aliphatic carbocycles. The van der Waals surface area contributed by atoms with E-state index in [0.717, 1.165) is 31.7 Å². The van der Waals surface area contributed by atoms with Crippen molar-refractivity contribution < 1.29 is 0 Å². The number of aromatic amines is 1. The first-order chi connectivity index (χ1) is 12.2. The molecule has 136 valence electrons. The molecule has 0 radical (unpaired) electrons. The Labute approximate surface area is 161 Å². The van der Waals surface area contributed by atoms with Gasteiger partial charge in [0.15, 0.2) is 5.82 Å². The second-order valence-corrected chi connectivity index (χ2v) is 6.37. The van der Waals surface area contributed by atoms with E-state index in [9.17, 15) is 4.79 Å². The number of hydrogen-bond donors (Lipinski definition) is 1. The number of piperidine rings is 1. The van der Waals surface area contributed by atoms with Gasteiger partial charge in [-0.15, -0.1) is 12.4 Å². The second-order valence-electron chi connectivity index (χ2n) is 5.98. The van der Waals surface area contributed by atoms with E-state index < -0.39 is 0 Å². The molecule has 4 heterocycles. The highest BCUT2D eigenvalue weighted by Gasteiger charge is 2.15. The van der Waals surface area contributed by atoms with Crippen molar-refractivity contribution in [3.05, 3.63) is 52.4 Å². The predicted molar refractivity (Wildman–Crippen MR) is 104 cm³/mol. The lowest BCUT2D eigenvalue weighted by atomic mass is 10.1. The van der Waals surface area contributed by atoms with Gasteiger partial charge in [0.25, 0.3) is 5.56 Å². The summed E-state index contributed by atoms with van der Waals surface area (Å²) in [6, 6.07) is 5.27. The summed E-state index contributed by atoms with van der Waals surface area (Å²) in [4.78, 5) is 27.6. The van der Waals surface area contributed by atoms with Crippen LogP contribution in [0, 0.1) is 0 Å². The molecule has 3 aromatic heterocycles. The van der Waals surface area contributed by atoms with Crippen LogP contribution in [0.15, 0.2) is 41.7 Å². The molecule has 0 spiro atoms. The molecule has 0 aromatic carbocycles. The minimum atomic E-state index is -0.188. The quantitative estimate of drug-likeness (QED) is 0.692. The number of halogens is 2. The molecule has 1 saturated heterocycles. The Balaban J connectivity index is 0.00000196. The maximum atomic E-state index is 12.7. The molecule has 0 saturated carbocycles. The average Bonchev–Trinajstić information content (AvgIpc) is 3.05. The van der Waals surface area contributed by atoms with Gasteiger partial charge in [-0.05, 0) is 31.4 Å². The van der Waals surface area contributed by atoms with Crippen LogP contribution in [0.5, 0.6) is 0 Å². The Morgan fingerprint density at radius 3 is 2.54 bits per heavy atom. The maximum absolute atomic E-state index is 12.7. The van der Waals surface area contributed by atoms with E-state index >= 15 is 0 Å². The van der Waals surface area contributed by atoms with Crippen molar-refractivity contribution in [2.45, 2.75) is 19.3 Å². The van der Waals surface area contributed by atoms with Crippen LogP contribution >= 0.6 is 24.0 Å². The van der Waals surface area contributed by atoms with Crippen LogP contribution in [-0.2, 0) is 0 Å². The van der Waals surface area contributed by atoms with Crippen molar-refractivity contribution in [2.75, 3.05) is 18.0 Å². The first-order valence-electron chi connectivity index (χ1n) is 8.22. The molecule has 0 unspecified atom stereocenters. The summed E-state index contributed by atoms with van der Waals surface area (Å²) in [6.07, 6.45) is 8.30. The Hall–Kier alpha value is -2.38. The predicted octanol–water partition coefficient (Wildman–Crippen LogP) is 3.08. The van der Waals surface area contributed by atoms with Crippen LogP contribution in [-0.4, -0.2) is 37.8 Å². The summed E-state index contributed by atoms with van der Waals surface area (Å²) >= 11 is 5.81. The zero-order valence-electron chi connectivity index (χ0n) is 13.9. The summed E-state index contributed by atoms with van der Waals surface area (Å²) in [7, 11) is 0. The monoisotopic (exact) mass is 392 g/mol. The lowest BCUT2D eigenvalue weighted by molar-refractivity contribution is 0.572. The molecular weight excluding hydrogens is 375 g/mol. The van der Waals surface area contributed by atoms with Crippen LogP contribution in [0.25, 0.3) is 16.9 Å². The Kier molecular flexibility index (Phi) is 5.58. The molecule has 9 heteroatoms. The number of pyridine rings is 1. The van der Waals surface area contributed by atoms with Crippen molar-refractivity contribution in [1.82, 2.24) is 24.7 Å². The number of nitrogens with one attached hydrogen (secondary N) is 1. The summed E-state index contributed by atoms with van der Waals surface area (Å²) in [5, 5.41) is 3.36. The van der Waals surface area contributed by atoms with Crippen molar-refractivity contribution in [3.63, 3.8) is 0 Å². The standard InChI is InChI=1S/C17H17ClN6O.ClH/c18-14-5-4-12(9-19-14)13-10-22-24(17(13)25)16-8-15(20-11-21-16)23-6-2-1-3-7-23;/h4-5,8-11,22H,1-3,6-7H2;1H. The molecule has 7 nitrogen and oxygen atoms in total. The van der Waals surface area contributed by atoms with Gasteiger partial charge in [-0.3, -0.25) is 9.89 Å². The second kappa shape index (κ2) is 7.88. The topological polar surface area (TPSA) is 79.7 Å². The number of hydrogen-bond acceptors (Lipinski definition) is 5. The minimum Gasteiger partial charge on any atom is -0.356 e. The van der Waals surface area contributed by atoms with Crippen LogP contribution in [0.1, 0.15) is 19.3 Å². The van der Waals surface area contributed by atoms with E-state index in [-0.39, 0.29) is 18.0 Å². The highest BCUT2D eigenvalue weighted by Crippen LogP contribution is 2.19. The zero-order chi connectivity index (χ0) is 17.2. The first kappa shape index (κ1) is 18.4. The number of aromatic nitrogens is 5. The van der Waals surface area contributed by atoms with Gasteiger partial charge in [0, 0.05) is 37.1 Å². The van der Waals surface area contributed by atoms with Crippen LogP contribution < -0.4 is 10.5 Å². The summed E-state index contributed by atoms with van der Waals surface area (Å²) in [5.41, 5.74) is 1.03. The molecule has 4 rings (SSSR count). The highest BCUT2D eigenvalue weighted by atomic mass is 35.5. The fraction of sp³-hybridized carbons (Fsp3) is 0.294. The molecule has 0 atom stereocenters. The molecular formula is C17H18Cl2N6O. The normalized spacial score (nSPS) is 14.1. The largest absolute Gasteiger partial charge is 0.356 e. The van der Waals surface area contributed by atoms with E-state index in [1.54, 1.807) is 24.5 Å².